The van der Waals surface area contributed by atoms with Crippen molar-refractivity contribution in [1.29, 1.82) is 0 Å². The van der Waals surface area contributed by atoms with Gasteiger partial charge in [-0.15, -0.1) is 0 Å². The molecule has 2 N–H and O–H groups in total. The molecule has 1 unspecified atom stereocenters. The molecule has 0 fully saturated rings. The van der Waals surface area contributed by atoms with Crippen LogP contribution in [0.25, 0.3) is 0 Å². The zero-order valence-corrected chi connectivity index (χ0v) is 12.5. The van der Waals surface area contributed by atoms with Gasteiger partial charge < -0.3 is 10.6 Å². The van der Waals surface area contributed by atoms with E-state index in [0.29, 0.717) is 0 Å². The fourth-order valence-electron chi connectivity index (χ4n) is 2.08. The minimum atomic E-state index is 0.0135. The molecule has 0 aliphatic heterocycles. The number of unbranched alkanes of at least 4 members (excludes halogenated alkanes) is 1. The maximum absolute atomic E-state index is 12.3. The van der Waals surface area contributed by atoms with E-state index in [0.717, 1.165) is 42.6 Å². The second kappa shape index (κ2) is 7.82. The summed E-state index contributed by atoms with van der Waals surface area (Å²) in [6, 6.07) is 6.12. The Morgan fingerprint density at radius 3 is 2.68 bits per heavy atom. The quantitative estimate of drug-likeness (QED) is 0.786. The monoisotopic (exact) mass is 262 g/mol. The van der Waals surface area contributed by atoms with Crippen molar-refractivity contribution in [3.05, 3.63) is 29.3 Å². The Morgan fingerprint density at radius 2 is 2.05 bits per heavy atom. The Labute approximate surface area is 116 Å². The second-order valence-electron chi connectivity index (χ2n) is 5.10. The van der Waals surface area contributed by atoms with Crippen LogP contribution in [0.2, 0.25) is 0 Å². The molecule has 19 heavy (non-hydrogen) atoms. The largest absolute Gasteiger partial charge is 0.385 e. The molecule has 0 aliphatic carbocycles. The van der Waals surface area contributed by atoms with E-state index in [1.807, 2.05) is 32.0 Å². The molecule has 0 radical (unpaired) electrons. The average molecular weight is 262 g/mol. The first-order valence-electron chi connectivity index (χ1n) is 7.23. The highest BCUT2D eigenvalue weighted by Gasteiger charge is 2.13. The summed E-state index contributed by atoms with van der Waals surface area (Å²) >= 11 is 0. The Bertz CT molecular complexity index is 415. The van der Waals surface area contributed by atoms with Gasteiger partial charge in [-0.05, 0) is 44.9 Å². The van der Waals surface area contributed by atoms with Crippen molar-refractivity contribution in [3.8, 4) is 0 Å². The molecule has 1 atom stereocenters. The molecule has 0 aromatic heterocycles. The molecule has 1 aromatic rings. The van der Waals surface area contributed by atoms with Crippen LogP contribution in [-0.2, 0) is 0 Å². The molecule has 1 aromatic carbocycles. The Kier molecular flexibility index (Phi) is 6.40. The minimum Gasteiger partial charge on any atom is -0.385 e. The number of amides is 1. The fourth-order valence-corrected chi connectivity index (χ4v) is 2.08. The van der Waals surface area contributed by atoms with E-state index in [1.165, 1.54) is 0 Å². The predicted octanol–water partition coefficient (Wildman–Crippen LogP) is 3.74. The smallest absolute Gasteiger partial charge is 0.253 e. The summed E-state index contributed by atoms with van der Waals surface area (Å²) in [6.07, 6.45) is 3.34. The van der Waals surface area contributed by atoms with Crippen molar-refractivity contribution < 1.29 is 4.79 Å². The van der Waals surface area contributed by atoms with E-state index in [9.17, 15) is 4.79 Å². The van der Waals surface area contributed by atoms with E-state index in [2.05, 4.69) is 24.5 Å². The number of rotatable bonds is 7. The van der Waals surface area contributed by atoms with Crippen molar-refractivity contribution in [2.24, 2.45) is 0 Å². The third-order valence-corrected chi connectivity index (χ3v) is 3.16. The van der Waals surface area contributed by atoms with E-state index in [1.54, 1.807) is 0 Å². The fraction of sp³-hybridized carbons (Fsp3) is 0.562. The average Bonchev–Trinajstić information content (AvgIpc) is 2.36. The van der Waals surface area contributed by atoms with Crippen LogP contribution in [0.5, 0.6) is 0 Å². The van der Waals surface area contributed by atoms with Gasteiger partial charge in [0.25, 0.3) is 5.91 Å². The number of nitrogens with one attached hydrogen (secondary N) is 2. The summed E-state index contributed by atoms with van der Waals surface area (Å²) in [7, 11) is 0. The summed E-state index contributed by atoms with van der Waals surface area (Å²) in [5.74, 6) is 0.0135. The lowest BCUT2D eigenvalue weighted by Crippen LogP contribution is -2.33. The van der Waals surface area contributed by atoms with Crippen LogP contribution in [-0.4, -0.2) is 18.5 Å². The summed E-state index contributed by atoms with van der Waals surface area (Å²) in [4.78, 5) is 12.3. The van der Waals surface area contributed by atoms with Gasteiger partial charge in [0.1, 0.15) is 0 Å². The van der Waals surface area contributed by atoms with Gasteiger partial charge in [-0.25, -0.2) is 0 Å². The van der Waals surface area contributed by atoms with Gasteiger partial charge in [0.05, 0.1) is 5.56 Å². The Hall–Kier alpha value is -1.51. The molecule has 0 heterocycles. The van der Waals surface area contributed by atoms with Crippen molar-refractivity contribution in [1.82, 2.24) is 5.32 Å². The molecule has 0 spiro atoms. The van der Waals surface area contributed by atoms with E-state index < -0.39 is 0 Å². The van der Waals surface area contributed by atoms with Crippen molar-refractivity contribution in [2.75, 3.05) is 11.9 Å². The van der Waals surface area contributed by atoms with Crippen molar-refractivity contribution >= 4 is 11.6 Å². The highest BCUT2D eigenvalue weighted by molar-refractivity contribution is 5.99. The van der Waals surface area contributed by atoms with Crippen LogP contribution in [0.3, 0.4) is 0 Å². The zero-order chi connectivity index (χ0) is 14.3. The maximum atomic E-state index is 12.3. The summed E-state index contributed by atoms with van der Waals surface area (Å²) in [5, 5.41) is 6.32. The van der Waals surface area contributed by atoms with Gasteiger partial charge in [0, 0.05) is 18.3 Å². The Balaban J connectivity index is 2.75. The van der Waals surface area contributed by atoms with Gasteiger partial charge in [0.2, 0.25) is 0 Å². The predicted molar refractivity (Wildman–Crippen MR) is 81.8 cm³/mol. The number of benzene rings is 1. The lowest BCUT2D eigenvalue weighted by molar-refractivity contribution is 0.0939. The van der Waals surface area contributed by atoms with Crippen LogP contribution in [0.1, 0.15) is 56.0 Å². The summed E-state index contributed by atoms with van der Waals surface area (Å²) < 4.78 is 0. The van der Waals surface area contributed by atoms with Crippen LogP contribution < -0.4 is 10.6 Å². The van der Waals surface area contributed by atoms with Gasteiger partial charge in [-0.3, -0.25) is 4.79 Å². The molecule has 3 heteroatoms. The number of carbonyl (C=O) groups excluding carboxylic acids is 1. The third-order valence-electron chi connectivity index (χ3n) is 3.16. The number of anilines is 1. The first-order chi connectivity index (χ1) is 9.08. The van der Waals surface area contributed by atoms with Crippen molar-refractivity contribution in [2.45, 2.75) is 53.0 Å². The SMILES string of the molecule is CCCCC(C)NC(=O)c1ccc(C)cc1NCC. The molecule has 106 valence electrons. The number of hydrogen-bond donors (Lipinski definition) is 2. The molecular weight excluding hydrogens is 236 g/mol. The number of carbonyl (C=O) groups is 1. The van der Waals surface area contributed by atoms with E-state index in [-0.39, 0.29) is 11.9 Å². The van der Waals surface area contributed by atoms with Crippen LogP contribution in [0.15, 0.2) is 18.2 Å². The molecule has 0 saturated carbocycles. The van der Waals surface area contributed by atoms with Gasteiger partial charge >= 0.3 is 0 Å². The Morgan fingerprint density at radius 1 is 1.32 bits per heavy atom. The standard InChI is InChI=1S/C16H26N2O/c1-5-7-8-13(4)18-16(19)14-10-9-12(3)11-15(14)17-6-2/h9-11,13,17H,5-8H2,1-4H3,(H,18,19). The molecular formula is C16H26N2O. The first-order valence-corrected chi connectivity index (χ1v) is 7.23. The van der Waals surface area contributed by atoms with Crippen LogP contribution >= 0.6 is 0 Å². The molecule has 1 amide bonds. The molecule has 0 aliphatic rings. The van der Waals surface area contributed by atoms with Gasteiger partial charge in [0.15, 0.2) is 0 Å². The second-order valence-corrected chi connectivity index (χ2v) is 5.10. The zero-order valence-electron chi connectivity index (χ0n) is 12.5. The minimum absolute atomic E-state index is 0.0135. The highest BCUT2D eigenvalue weighted by atomic mass is 16.1. The highest BCUT2D eigenvalue weighted by Crippen LogP contribution is 2.17. The summed E-state index contributed by atoms with van der Waals surface area (Å²) in [5.41, 5.74) is 2.81. The lowest BCUT2D eigenvalue weighted by Gasteiger charge is -2.16. The first kappa shape index (κ1) is 15.5. The van der Waals surface area contributed by atoms with E-state index in [4.69, 9.17) is 0 Å². The molecule has 0 saturated heterocycles. The van der Waals surface area contributed by atoms with Gasteiger partial charge in [-0.1, -0.05) is 25.8 Å². The topological polar surface area (TPSA) is 41.1 Å². The van der Waals surface area contributed by atoms with E-state index >= 15 is 0 Å². The normalized spacial score (nSPS) is 12.0. The van der Waals surface area contributed by atoms with Crippen LogP contribution in [0.4, 0.5) is 5.69 Å². The van der Waals surface area contributed by atoms with Gasteiger partial charge in [-0.2, -0.15) is 0 Å². The molecule has 1 rings (SSSR count). The maximum Gasteiger partial charge on any atom is 0.253 e. The third kappa shape index (κ3) is 4.93. The molecule has 3 nitrogen and oxygen atoms in total. The number of hydrogen-bond acceptors (Lipinski definition) is 2. The summed E-state index contributed by atoms with van der Waals surface area (Å²) in [6.45, 7) is 9.11. The number of aryl methyl sites for hydroxylation is 1. The van der Waals surface area contributed by atoms with Crippen LogP contribution in [0, 0.1) is 6.92 Å². The lowest BCUT2D eigenvalue weighted by atomic mass is 10.1. The van der Waals surface area contributed by atoms with Crippen molar-refractivity contribution in [3.63, 3.8) is 0 Å². The molecule has 0 bridgehead atoms.